The maximum absolute atomic E-state index is 12.2. The molecule has 0 spiro atoms. The Balaban J connectivity index is 2.64. The topological polar surface area (TPSA) is 69.6 Å². The third-order valence-electron chi connectivity index (χ3n) is 3.68. The molecule has 19 heavy (non-hydrogen) atoms. The Bertz CT molecular complexity index is 336. The van der Waals surface area contributed by atoms with Crippen molar-refractivity contribution < 1.29 is 14.7 Å². The average Bonchev–Trinajstić information content (AvgIpc) is 2.48. The Hall–Kier alpha value is -1.26. The van der Waals surface area contributed by atoms with Crippen molar-refractivity contribution >= 4 is 12.0 Å². The van der Waals surface area contributed by atoms with E-state index in [1.807, 2.05) is 20.8 Å². The molecule has 1 aliphatic heterocycles. The minimum atomic E-state index is -0.982. The number of likely N-dealkylation sites (tertiary alicyclic amines) is 1. The first kappa shape index (κ1) is 15.8. The van der Waals surface area contributed by atoms with Crippen molar-refractivity contribution in [3.8, 4) is 0 Å². The van der Waals surface area contributed by atoms with E-state index in [-0.39, 0.29) is 6.03 Å². The molecule has 0 saturated carbocycles. The van der Waals surface area contributed by atoms with Crippen molar-refractivity contribution in [3.63, 3.8) is 0 Å². The van der Waals surface area contributed by atoms with Gasteiger partial charge in [0.15, 0.2) is 0 Å². The number of carboxylic acids is 1. The van der Waals surface area contributed by atoms with Crippen LogP contribution < -0.4 is 5.32 Å². The maximum Gasteiger partial charge on any atom is 0.326 e. The van der Waals surface area contributed by atoms with Crippen LogP contribution in [0.5, 0.6) is 0 Å². The van der Waals surface area contributed by atoms with Crippen molar-refractivity contribution in [1.82, 2.24) is 10.2 Å². The Morgan fingerprint density at radius 3 is 2.42 bits per heavy atom. The molecule has 2 N–H and O–H groups in total. The number of hydrogen-bond donors (Lipinski definition) is 2. The first-order valence-electron chi connectivity index (χ1n) is 7.00. The second kappa shape index (κ2) is 6.26. The number of carbonyl (C=O) groups is 2. The Morgan fingerprint density at radius 1 is 1.26 bits per heavy atom. The zero-order valence-electron chi connectivity index (χ0n) is 12.4. The normalized spacial score (nSPS) is 22.5. The van der Waals surface area contributed by atoms with Gasteiger partial charge in [-0.15, -0.1) is 0 Å². The van der Waals surface area contributed by atoms with E-state index in [9.17, 15) is 14.7 Å². The van der Waals surface area contributed by atoms with E-state index >= 15 is 0 Å². The van der Waals surface area contributed by atoms with Crippen LogP contribution in [0.1, 0.15) is 47.0 Å². The molecule has 5 heteroatoms. The van der Waals surface area contributed by atoms with Gasteiger partial charge in [0.05, 0.1) is 0 Å². The molecule has 1 unspecified atom stereocenters. The third-order valence-corrected chi connectivity index (χ3v) is 3.68. The number of urea groups is 1. The van der Waals surface area contributed by atoms with Crippen LogP contribution in [-0.4, -0.2) is 41.1 Å². The largest absolute Gasteiger partial charge is 0.480 e. The fourth-order valence-corrected chi connectivity index (χ4v) is 2.33. The number of nitrogens with one attached hydrogen (secondary N) is 1. The Morgan fingerprint density at radius 2 is 1.89 bits per heavy atom. The number of carbonyl (C=O) groups excluding carboxylic acids is 1. The van der Waals surface area contributed by atoms with Gasteiger partial charge in [0, 0.05) is 13.1 Å². The Kier molecular flexibility index (Phi) is 5.20. The quantitative estimate of drug-likeness (QED) is 0.809. The van der Waals surface area contributed by atoms with Gasteiger partial charge in [-0.05, 0) is 30.6 Å². The van der Waals surface area contributed by atoms with Crippen LogP contribution in [0, 0.1) is 11.3 Å². The molecule has 0 aromatic carbocycles. The molecule has 1 aliphatic rings. The summed E-state index contributed by atoms with van der Waals surface area (Å²) in [6.45, 7) is 9.07. The van der Waals surface area contributed by atoms with Gasteiger partial charge < -0.3 is 15.3 Å². The molecular formula is C14H26N2O3. The molecule has 2 atom stereocenters. The van der Waals surface area contributed by atoms with E-state index in [1.54, 1.807) is 4.90 Å². The lowest BCUT2D eigenvalue weighted by molar-refractivity contribution is -0.142. The highest BCUT2D eigenvalue weighted by molar-refractivity contribution is 5.83. The first-order chi connectivity index (χ1) is 8.71. The molecule has 2 amide bonds. The molecule has 0 bridgehead atoms. The number of hydrogen-bond acceptors (Lipinski definition) is 2. The Labute approximate surface area is 115 Å². The van der Waals surface area contributed by atoms with Crippen molar-refractivity contribution in [2.24, 2.45) is 11.3 Å². The lowest BCUT2D eigenvalue weighted by Crippen LogP contribution is -2.53. The lowest BCUT2D eigenvalue weighted by Gasteiger charge is -2.30. The van der Waals surface area contributed by atoms with Gasteiger partial charge in [-0.3, -0.25) is 0 Å². The smallest absolute Gasteiger partial charge is 0.326 e. The van der Waals surface area contributed by atoms with E-state index in [1.165, 1.54) is 0 Å². The van der Waals surface area contributed by atoms with E-state index in [4.69, 9.17) is 0 Å². The summed E-state index contributed by atoms with van der Waals surface area (Å²) >= 11 is 0. The summed E-state index contributed by atoms with van der Waals surface area (Å²) in [4.78, 5) is 25.2. The summed E-state index contributed by atoms with van der Waals surface area (Å²) in [5.41, 5.74) is -0.499. The number of rotatable bonds is 2. The summed E-state index contributed by atoms with van der Waals surface area (Å²) in [6, 6.07) is -1.11. The van der Waals surface area contributed by atoms with Crippen molar-refractivity contribution in [1.29, 1.82) is 0 Å². The first-order valence-corrected chi connectivity index (χ1v) is 7.00. The number of amides is 2. The molecule has 0 aliphatic carbocycles. The predicted molar refractivity (Wildman–Crippen MR) is 74.0 cm³/mol. The number of aliphatic carboxylic acids is 1. The van der Waals surface area contributed by atoms with Crippen LogP contribution in [-0.2, 0) is 4.79 Å². The van der Waals surface area contributed by atoms with E-state index in [2.05, 4.69) is 12.2 Å². The standard InChI is InChI=1S/C14H26N2O3/c1-10-6-5-8-16(9-7-10)13(19)15-11(12(17)18)14(2,3)4/h10-11H,5-9H2,1-4H3,(H,15,19)(H,17,18)/t10?,11-/m0/s1. The van der Waals surface area contributed by atoms with Crippen molar-refractivity contribution in [2.75, 3.05) is 13.1 Å². The van der Waals surface area contributed by atoms with Gasteiger partial charge in [0.2, 0.25) is 0 Å². The van der Waals surface area contributed by atoms with E-state index < -0.39 is 17.4 Å². The summed E-state index contributed by atoms with van der Waals surface area (Å²) in [7, 11) is 0. The zero-order chi connectivity index (χ0) is 14.6. The van der Waals surface area contributed by atoms with Gasteiger partial charge in [-0.1, -0.05) is 27.7 Å². The summed E-state index contributed by atoms with van der Waals surface area (Å²) in [5.74, 6) is -0.347. The molecule has 0 aromatic heterocycles. The molecule has 110 valence electrons. The number of carboxylic acid groups (broad SMARTS) is 1. The lowest BCUT2D eigenvalue weighted by atomic mass is 9.87. The van der Waals surface area contributed by atoms with Crippen molar-refractivity contribution in [3.05, 3.63) is 0 Å². The molecule has 1 saturated heterocycles. The van der Waals surface area contributed by atoms with E-state index in [0.717, 1.165) is 19.3 Å². The van der Waals surface area contributed by atoms with Crippen LogP contribution >= 0.6 is 0 Å². The predicted octanol–water partition coefficient (Wildman–Crippen LogP) is 2.32. The molecular weight excluding hydrogens is 244 g/mol. The molecule has 0 radical (unpaired) electrons. The monoisotopic (exact) mass is 270 g/mol. The SMILES string of the molecule is CC1CCCN(C(=O)N[C@@H](C(=O)O)C(C)(C)C)CC1. The molecule has 1 fully saturated rings. The zero-order valence-corrected chi connectivity index (χ0v) is 12.4. The minimum Gasteiger partial charge on any atom is -0.480 e. The van der Waals surface area contributed by atoms with Crippen LogP contribution in [0.25, 0.3) is 0 Å². The minimum absolute atomic E-state index is 0.253. The second-order valence-electron chi connectivity index (χ2n) is 6.61. The van der Waals surface area contributed by atoms with Crippen molar-refractivity contribution in [2.45, 2.75) is 53.0 Å². The molecule has 5 nitrogen and oxygen atoms in total. The fraction of sp³-hybridized carbons (Fsp3) is 0.857. The van der Waals surface area contributed by atoms with Gasteiger partial charge in [-0.2, -0.15) is 0 Å². The van der Waals surface area contributed by atoms with Gasteiger partial charge in [0.1, 0.15) is 6.04 Å². The average molecular weight is 270 g/mol. The summed E-state index contributed by atoms with van der Waals surface area (Å²) in [5, 5.41) is 11.9. The van der Waals surface area contributed by atoms with Crippen LogP contribution in [0.3, 0.4) is 0 Å². The third kappa shape index (κ3) is 4.73. The second-order valence-corrected chi connectivity index (χ2v) is 6.61. The van der Waals surface area contributed by atoms with E-state index in [0.29, 0.717) is 19.0 Å². The molecule has 1 heterocycles. The van der Waals surface area contributed by atoms with Gasteiger partial charge in [-0.25, -0.2) is 9.59 Å². The highest BCUT2D eigenvalue weighted by atomic mass is 16.4. The van der Waals surface area contributed by atoms with Gasteiger partial charge >= 0.3 is 12.0 Å². The molecule has 1 rings (SSSR count). The van der Waals surface area contributed by atoms with Gasteiger partial charge in [0.25, 0.3) is 0 Å². The summed E-state index contributed by atoms with van der Waals surface area (Å²) < 4.78 is 0. The maximum atomic E-state index is 12.2. The number of nitrogens with zero attached hydrogens (tertiary/aromatic N) is 1. The fourth-order valence-electron chi connectivity index (χ4n) is 2.33. The van der Waals surface area contributed by atoms with Crippen LogP contribution in [0.4, 0.5) is 4.79 Å². The summed E-state index contributed by atoms with van der Waals surface area (Å²) in [6.07, 6.45) is 3.11. The highest BCUT2D eigenvalue weighted by Gasteiger charge is 2.33. The highest BCUT2D eigenvalue weighted by Crippen LogP contribution is 2.21. The molecule has 0 aromatic rings. The van der Waals surface area contributed by atoms with Crippen LogP contribution in [0.15, 0.2) is 0 Å². The van der Waals surface area contributed by atoms with Crippen LogP contribution in [0.2, 0.25) is 0 Å².